The summed E-state index contributed by atoms with van der Waals surface area (Å²) >= 11 is 6.46. The Bertz CT molecular complexity index is 1580. The topological polar surface area (TPSA) is 108 Å². The third kappa shape index (κ3) is 7.37. The summed E-state index contributed by atoms with van der Waals surface area (Å²) in [5.74, 6) is -0.599. The molecule has 9 nitrogen and oxygen atoms in total. The van der Waals surface area contributed by atoms with Crippen LogP contribution < -0.4 is 14.9 Å². The number of carbonyl (C=O) groups excluding carboxylic acids is 2. The van der Waals surface area contributed by atoms with Gasteiger partial charge in [-0.3, -0.25) is 13.9 Å². The highest BCUT2D eigenvalue weighted by molar-refractivity contribution is 7.92. The first kappa shape index (κ1) is 34.2. The van der Waals surface area contributed by atoms with Gasteiger partial charge in [0.1, 0.15) is 0 Å². The van der Waals surface area contributed by atoms with Gasteiger partial charge in [0.05, 0.1) is 51.9 Å². The average molecular weight is 683 g/mol. The normalized spacial score (nSPS) is 25.2. The molecule has 2 aromatic rings. The SMILES string of the molecule is CC1CCC2CNC(=O)C3(CCNCC3)COC/C=C/CN(c3cccc(C(F)(F)F)c3)S(=O)(=O)c3ccc(Cl)c(c3)C(=O)N1C2. The first-order valence-corrected chi connectivity index (χ1v) is 17.2. The predicted molar refractivity (Wildman–Crippen MR) is 168 cm³/mol. The highest BCUT2D eigenvalue weighted by atomic mass is 35.5. The number of anilines is 1. The molecule has 4 bridgehead atoms. The molecule has 5 rings (SSSR count). The third-order valence-electron chi connectivity index (χ3n) is 9.08. The van der Waals surface area contributed by atoms with Crippen LogP contribution in [0.4, 0.5) is 18.9 Å². The molecule has 2 unspecified atom stereocenters. The zero-order valence-corrected chi connectivity index (χ0v) is 27.1. The number of hydrogen-bond donors (Lipinski definition) is 2. The summed E-state index contributed by atoms with van der Waals surface area (Å²) in [4.78, 5) is 28.8. The van der Waals surface area contributed by atoms with E-state index in [0.29, 0.717) is 45.4 Å². The second-order valence-corrected chi connectivity index (χ2v) is 14.5. The average Bonchev–Trinajstić information content (AvgIpc) is 3.03. The van der Waals surface area contributed by atoms with Gasteiger partial charge < -0.3 is 20.3 Å². The molecule has 3 aliphatic rings. The molecule has 0 aromatic heterocycles. The minimum atomic E-state index is -4.70. The Morgan fingerprint density at radius 1 is 1.04 bits per heavy atom. The molecule has 1 spiro atoms. The molecular weight excluding hydrogens is 645 g/mol. The number of amides is 2. The number of carbonyl (C=O) groups is 2. The molecule has 0 saturated carbocycles. The molecule has 2 amide bonds. The molecule has 2 fully saturated rings. The van der Waals surface area contributed by atoms with E-state index >= 15 is 0 Å². The van der Waals surface area contributed by atoms with Gasteiger partial charge >= 0.3 is 6.18 Å². The molecule has 0 radical (unpaired) electrons. The van der Waals surface area contributed by atoms with Crippen LogP contribution >= 0.6 is 11.6 Å². The Labute approximate surface area is 272 Å². The first-order valence-electron chi connectivity index (χ1n) is 15.3. The molecule has 250 valence electrons. The Kier molecular flexibility index (Phi) is 10.4. The summed E-state index contributed by atoms with van der Waals surface area (Å²) in [6, 6.07) is 7.62. The van der Waals surface area contributed by atoms with Crippen molar-refractivity contribution in [3.63, 3.8) is 0 Å². The summed E-state index contributed by atoms with van der Waals surface area (Å²) in [6.45, 7) is 3.80. The lowest BCUT2D eigenvalue weighted by molar-refractivity contribution is -0.138. The number of piperidine rings is 2. The van der Waals surface area contributed by atoms with Gasteiger partial charge in [-0.2, -0.15) is 13.2 Å². The number of fused-ring (bicyclic) bond motifs is 4. The van der Waals surface area contributed by atoms with E-state index in [9.17, 15) is 31.2 Å². The van der Waals surface area contributed by atoms with Crippen LogP contribution in [0.15, 0.2) is 59.5 Å². The van der Waals surface area contributed by atoms with Gasteiger partial charge in [0, 0.05) is 19.1 Å². The minimum absolute atomic E-state index is 0.0289. The zero-order valence-electron chi connectivity index (χ0n) is 25.5. The smallest absolute Gasteiger partial charge is 0.376 e. The monoisotopic (exact) mass is 682 g/mol. The molecule has 46 heavy (non-hydrogen) atoms. The summed E-state index contributed by atoms with van der Waals surface area (Å²) in [5, 5.41) is 6.44. The van der Waals surface area contributed by atoms with E-state index in [1.54, 1.807) is 11.0 Å². The lowest BCUT2D eigenvalue weighted by Crippen LogP contribution is -2.53. The van der Waals surface area contributed by atoms with E-state index in [0.717, 1.165) is 28.9 Å². The van der Waals surface area contributed by atoms with E-state index in [2.05, 4.69) is 10.6 Å². The van der Waals surface area contributed by atoms with E-state index in [-0.39, 0.29) is 58.8 Å². The Hall–Kier alpha value is -3.13. The fourth-order valence-corrected chi connectivity index (χ4v) is 7.88. The van der Waals surface area contributed by atoms with Gasteiger partial charge in [0.15, 0.2) is 0 Å². The number of nitrogens with one attached hydrogen (secondary N) is 2. The zero-order chi connectivity index (χ0) is 33.1. The maximum absolute atomic E-state index is 14.1. The largest absolute Gasteiger partial charge is 0.416 e. The van der Waals surface area contributed by atoms with Gasteiger partial charge in [-0.1, -0.05) is 29.8 Å². The van der Waals surface area contributed by atoms with Crippen LogP contribution in [-0.2, 0) is 25.7 Å². The number of nitrogens with zero attached hydrogens (tertiary/aromatic N) is 2. The predicted octanol–water partition coefficient (Wildman–Crippen LogP) is 4.87. The highest BCUT2D eigenvalue weighted by Crippen LogP contribution is 2.35. The fraction of sp³-hybridized carbons (Fsp3) is 0.500. The molecular formula is C32H38ClF3N4O5S. The second kappa shape index (κ2) is 13.9. The summed E-state index contributed by atoms with van der Waals surface area (Å²) < 4.78 is 75.8. The van der Waals surface area contributed by atoms with Crippen molar-refractivity contribution in [1.29, 1.82) is 0 Å². The number of hydrogen-bond acceptors (Lipinski definition) is 6. The lowest BCUT2D eigenvalue weighted by atomic mass is 9.78. The summed E-state index contributed by atoms with van der Waals surface area (Å²) in [6.07, 6.45) is 0.975. The first-order chi connectivity index (χ1) is 21.8. The summed E-state index contributed by atoms with van der Waals surface area (Å²) in [7, 11) is -4.48. The van der Waals surface area contributed by atoms with Crippen LogP contribution in [-0.4, -0.2) is 77.1 Å². The van der Waals surface area contributed by atoms with E-state index in [1.165, 1.54) is 30.3 Å². The fourth-order valence-electron chi connectivity index (χ4n) is 6.25. The van der Waals surface area contributed by atoms with Crippen molar-refractivity contribution in [2.24, 2.45) is 11.3 Å². The van der Waals surface area contributed by atoms with Gasteiger partial charge in [0.2, 0.25) is 5.91 Å². The van der Waals surface area contributed by atoms with Gasteiger partial charge in [-0.05, 0) is 88.0 Å². The summed E-state index contributed by atoms with van der Waals surface area (Å²) in [5.41, 5.74) is -1.99. The van der Waals surface area contributed by atoms with Crippen molar-refractivity contribution in [2.45, 2.75) is 49.7 Å². The standard InChI is InChI=1S/C32H38ClF3N4O5S/c1-22-7-8-23-19-38-30(42)31(11-13-37-14-12-31)21-45-16-3-2-15-40(25-6-4-5-24(17-25)32(34,35)36)46(43,44)26-9-10-28(33)27(18-26)29(41)39(22)20-23/h2-6,9-10,17-18,22-23,37H,7-8,11-16,19-21H2,1H3,(H,38,42)/b3-2+. The Morgan fingerprint density at radius 3 is 2.54 bits per heavy atom. The maximum atomic E-state index is 14.1. The van der Waals surface area contributed by atoms with Crippen LogP contribution in [0, 0.1) is 11.3 Å². The van der Waals surface area contributed by atoms with Crippen molar-refractivity contribution in [3.8, 4) is 0 Å². The molecule has 3 heterocycles. The number of halogens is 4. The molecule has 2 saturated heterocycles. The van der Waals surface area contributed by atoms with Crippen molar-refractivity contribution in [2.75, 3.05) is 50.2 Å². The number of sulfonamides is 1. The number of ether oxygens (including phenoxy) is 1. The quantitative estimate of drug-likeness (QED) is 0.416. The van der Waals surface area contributed by atoms with E-state index in [4.69, 9.17) is 16.3 Å². The van der Waals surface area contributed by atoms with Crippen LogP contribution in [0.5, 0.6) is 0 Å². The molecule has 3 aliphatic heterocycles. The molecule has 2 atom stereocenters. The lowest BCUT2D eigenvalue weighted by Gasteiger charge is -2.39. The molecule has 2 aromatic carbocycles. The van der Waals surface area contributed by atoms with E-state index in [1.807, 2.05) is 6.92 Å². The number of rotatable bonds is 1. The third-order valence-corrected chi connectivity index (χ3v) is 11.2. The van der Waals surface area contributed by atoms with Gasteiger partial charge in [-0.15, -0.1) is 0 Å². The van der Waals surface area contributed by atoms with Gasteiger partial charge in [0.25, 0.3) is 15.9 Å². The van der Waals surface area contributed by atoms with Crippen molar-refractivity contribution < 1.29 is 35.9 Å². The van der Waals surface area contributed by atoms with Crippen molar-refractivity contribution in [1.82, 2.24) is 15.5 Å². The Balaban J connectivity index is 1.55. The number of alkyl halides is 3. The molecule has 2 N–H and O–H groups in total. The van der Waals surface area contributed by atoms with Crippen LogP contribution in [0.1, 0.15) is 48.5 Å². The molecule has 0 aliphatic carbocycles. The van der Waals surface area contributed by atoms with Crippen molar-refractivity contribution >= 4 is 39.1 Å². The second-order valence-electron chi connectivity index (χ2n) is 12.2. The van der Waals surface area contributed by atoms with Crippen LogP contribution in [0.25, 0.3) is 0 Å². The van der Waals surface area contributed by atoms with Crippen molar-refractivity contribution in [3.05, 3.63) is 70.8 Å². The van der Waals surface area contributed by atoms with E-state index < -0.39 is 33.1 Å². The molecule has 14 heteroatoms. The highest BCUT2D eigenvalue weighted by Gasteiger charge is 2.41. The van der Waals surface area contributed by atoms with Gasteiger partial charge in [-0.25, -0.2) is 8.42 Å². The number of benzene rings is 2. The minimum Gasteiger partial charge on any atom is -0.376 e. The van der Waals surface area contributed by atoms with Crippen LogP contribution in [0.2, 0.25) is 5.02 Å². The van der Waals surface area contributed by atoms with Crippen LogP contribution in [0.3, 0.4) is 0 Å². The Morgan fingerprint density at radius 2 is 1.80 bits per heavy atom. The maximum Gasteiger partial charge on any atom is 0.416 e.